The average molecular weight is 284 g/mol. The molecule has 20 heavy (non-hydrogen) atoms. The highest BCUT2D eigenvalue weighted by Crippen LogP contribution is 2.20. The van der Waals surface area contributed by atoms with Crippen molar-refractivity contribution in [2.75, 3.05) is 19.6 Å². The second kappa shape index (κ2) is 7.04. The maximum absolute atomic E-state index is 12.0. The molecule has 0 aromatic rings. The zero-order valence-corrected chi connectivity index (χ0v) is 12.0. The lowest BCUT2D eigenvalue weighted by molar-refractivity contribution is -0.152. The Kier molecular flexibility index (Phi) is 5.37. The van der Waals surface area contributed by atoms with E-state index in [-0.39, 0.29) is 11.9 Å². The molecule has 2 N–H and O–H groups in total. The van der Waals surface area contributed by atoms with E-state index < -0.39 is 18.2 Å². The summed E-state index contributed by atoms with van der Waals surface area (Å²) >= 11 is 0. The molecule has 6 nitrogen and oxygen atoms in total. The summed E-state index contributed by atoms with van der Waals surface area (Å²) in [5.74, 6) is -1.13. The van der Waals surface area contributed by atoms with Crippen LogP contribution in [0.1, 0.15) is 39.0 Å². The van der Waals surface area contributed by atoms with Crippen molar-refractivity contribution in [2.45, 2.75) is 57.3 Å². The Bertz CT molecular complexity index is 353. The van der Waals surface area contributed by atoms with E-state index in [0.717, 1.165) is 38.9 Å². The summed E-state index contributed by atoms with van der Waals surface area (Å²) in [6, 6.07) is 0.197. The minimum absolute atomic E-state index is 0.150. The molecule has 0 spiro atoms. The second-order valence-corrected chi connectivity index (χ2v) is 5.65. The lowest BCUT2D eigenvalue weighted by atomic mass is 10.0. The first kappa shape index (κ1) is 15.3. The number of carbonyl (C=O) groups is 2. The van der Waals surface area contributed by atoms with Crippen LogP contribution in [0.4, 0.5) is 0 Å². The van der Waals surface area contributed by atoms with Gasteiger partial charge in [-0.1, -0.05) is 6.92 Å². The van der Waals surface area contributed by atoms with Crippen LogP contribution in [-0.4, -0.2) is 59.8 Å². The second-order valence-electron chi connectivity index (χ2n) is 5.65. The number of nitrogens with zero attached hydrogens (tertiary/aromatic N) is 1. The summed E-state index contributed by atoms with van der Waals surface area (Å²) in [7, 11) is 0. The van der Waals surface area contributed by atoms with Gasteiger partial charge in [0.25, 0.3) is 0 Å². The highest BCUT2D eigenvalue weighted by molar-refractivity contribution is 5.82. The number of ether oxygens (including phenoxy) is 1. The van der Waals surface area contributed by atoms with Crippen LogP contribution in [0.25, 0.3) is 0 Å². The van der Waals surface area contributed by atoms with Gasteiger partial charge in [0.1, 0.15) is 6.10 Å². The third-order valence-corrected chi connectivity index (χ3v) is 4.06. The average Bonchev–Trinajstić information content (AvgIpc) is 2.91. The van der Waals surface area contributed by atoms with Gasteiger partial charge in [-0.15, -0.1) is 0 Å². The number of carboxylic acid groups (broad SMARTS) is 1. The topological polar surface area (TPSA) is 78.9 Å². The number of carbonyl (C=O) groups excluding carboxylic acids is 1. The Morgan fingerprint density at radius 1 is 1.20 bits per heavy atom. The van der Waals surface area contributed by atoms with Gasteiger partial charge >= 0.3 is 5.97 Å². The fraction of sp³-hybridized carbons (Fsp3) is 0.857. The Morgan fingerprint density at radius 3 is 2.40 bits per heavy atom. The van der Waals surface area contributed by atoms with Crippen molar-refractivity contribution in [2.24, 2.45) is 0 Å². The maximum Gasteiger partial charge on any atom is 0.332 e. The molecule has 0 saturated carbocycles. The van der Waals surface area contributed by atoms with E-state index in [2.05, 4.69) is 17.1 Å². The van der Waals surface area contributed by atoms with Gasteiger partial charge in [0, 0.05) is 19.1 Å². The first-order valence-corrected chi connectivity index (χ1v) is 7.51. The van der Waals surface area contributed by atoms with Crippen LogP contribution in [0.3, 0.4) is 0 Å². The predicted octanol–water partition coefficient (Wildman–Crippen LogP) is 0.609. The zero-order chi connectivity index (χ0) is 14.5. The van der Waals surface area contributed by atoms with E-state index in [0.29, 0.717) is 12.8 Å². The standard InChI is InChI=1S/C14H24N2O4/c1-2-7-16-8-5-10(6-9-16)15-13(17)11-3-4-12(20-11)14(18)19/h10-12H,2-9H2,1H3,(H,15,17)(H,18,19). The molecule has 0 radical (unpaired) electrons. The normalized spacial score (nSPS) is 28.4. The largest absolute Gasteiger partial charge is 0.479 e. The van der Waals surface area contributed by atoms with Crippen molar-refractivity contribution in [1.82, 2.24) is 10.2 Å². The molecule has 0 bridgehead atoms. The van der Waals surface area contributed by atoms with Crippen molar-refractivity contribution in [3.8, 4) is 0 Å². The minimum Gasteiger partial charge on any atom is -0.479 e. The lowest BCUT2D eigenvalue weighted by Crippen LogP contribution is -2.47. The van der Waals surface area contributed by atoms with Gasteiger partial charge in [-0.3, -0.25) is 4.79 Å². The van der Waals surface area contributed by atoms with Gasteiger partial charge in [0.2, 0.25) is 5.91 Å². The predicted molar refractivity (Wildman–Crippen MR) is 73.4 cm³/mol. The molecule has 2 atom stereocenters. The Hall–Kier alpha value is -1.14. The molecule has 0 aliphatic carbocycles. The molecule has 0 aromatic carbocycles. The maximum atomic E-state index is 12.0. The highest BCUT2D eigenvalue weighted by atomic mass is 16.5. The first-order chi connectivity index (χ1) is 9.60. The zero-order valence-electron chi connectivity index (χ0n) is 12.0. The molecule has 2 fully saturated rings. The van der Waals surface area contributed by atoms with Gasteiger partial charge < -0.3 is 20.1 Å². The fourth-order valence-corrected chi connectivity index (χ4v) is 2.92. The van der Waals surface area contributed by atoms with Crippen LogP contribution in [0, 0.1) is 0 Å². The Labute approximate surface area is 119 Å². The number of aliphatic carboxylic acids is 1. The number of hydrogen-bond acceptors (Lipinski definition) is 4. The Balaban J connectivity index is 1.72. The molecule has 114 valence electrons. The van der Waals surface area contributed by atoms with Crippen LogP contribution in [-0.2, 0) is 14.3 Å². The molecule has 6 heteroatoms. The SMILES string of the molecule is CCCN1CCC(NC(=O)C2CCC(C(=O)O)O2)CC1. The van der Waals surface area contributed by atoms with E-state index >= 15 is 0 Å². The summed E-state index contributed by atoms with van der Waals surface area (Å²) in [6.07, 6.45) is 2.58. The van der Waals surface area contributed by atoms with E-state index in [1.807, 2.05) is 0 Å². The number of carboxylic acids is 1. The number of amides is 1. The lowest BCUT2D eigenvalue weighted by Gasteiger charge is -2.32. The number of rotatable bonds is 5. The molecule has 1 amide bonds. The van der Waals surface area contributed by atoms with Gasteiger partial charge in [-0.05, 0) is 38.6 Å². The summed E-state index contributed by atoms with van der Waals surface area (Å²) in [4.78, 5) is 25.3. The molecule has 2 rings (SSSR count). The van der Waals surface area contributed by atoms with Gasteiger partial charge in [0.05, 0.1) is 0 Å². The third kappa shape index (κ3) is 3.93. The van der Waals surface area contributed by atoms with E-state index in [4.69, 9.17) is 9.84 Å². The van der Waals surface area contributed by atoms with Crippen molar-refractivity contribution in [3.05, 3.63) is 0 Å². The highest BCUT2D eigenvalue weighted by Gasteiger charge is 2.35. The van der Waals surface area contributed by atoms with Crippen molar-refractivity contribution in [1.29, 1.82) is 0 Å². The number of hydrogen-bond donors (Lipinski definition) is 2. The molecule has 2 aliphatic rings. The molecular formula is C14H24N2O4. The minimum atomic E-state index is -0.979. The molecule has 0 aromatic heterocycles. The van der Waals surface area contributed by atoms with E-state index in [9.17, 15) is 9.59 Å². The smallest absolute Gasteiger partial charge is 0.332 e. The summed E-state index contributed by atoms with van der Waals surface area (Å²) in [6.45, 7) is 5.32. The van der Waals surface area contributed by atoms with Crippen molar-refractivity contribution >= 4 is 11.9 Å². The van der Waals surface area contributed by atoms with Crippen LogP contribution in [0.15, 0.2) is 0 Å². The van der Waals surface area contributed by atoms with Crippen LogP contribution in [0.2, 0.25) is 0 Å². The van der Waals surface area contributed by atoms with Crippen LogP contribution in [0.5, 0.6) is 0 Å². The molecular weight excluding hydrogens is 260 g/mol. The van der Waals surface area contributed by atoms with Gasteiger partial charge in [0.15, 0.2) is 6.10 Å². The molecule has 2 saturated heterocycles. The third-order valence-electron chi connectivity index (χ3n) is 4.06. The van der Waals surface area contributed by atoms with Gasteiger partial charge in [-0.2, -0.15) is 0 Å². The monoisotopic (exact) mass is 284 g/mol. The summed E-state index contributed by atoms with van der Waals surface area (Å²) < 4.78 is 5.26. The summed E-state index contributed by atoms with van der Waals surface area (Å²) in [5.41, 5.74) is 0. The van der Waals surface area contributed by atoms with E-state index in [1.165, 1.54) is 0 Å². The van der Waals surface area contributed by atoms with Crippen molar-refractivity contribution < 1.29 is 19.4 Å². The molecule has 2 aliphatic heterocycles. The number of likely N-dealkylation sites (tertiary alicyclic amines) is 1. The van der Waals surface area contributed by atoms with Crippen molar-refractivity contribution in [3.63, 3.8) is 0 Å². The van der Waals surface area contributed by atoms with E-state index in [1.54, 1.807) is 0 Å². The quantitative estimate of drug-likeness (QED) is 0.773. The Morgan fingerprint density at radius 2 is 1.85 bits per heavy atom. The fourth-order valence-electron chi connectivity index (χ4n) is 2.92. The molecule has 2 unspecified atom stereocenters. The van der Waals surface area contributed by atoms with Crippen LogP contribution >= 0.6 is 0 Å². The molecule has 2 heterocycles. The number of nitrogens with one attached hydrogen (secondary N) is 1. The first-order valence-electron chi connectivity index (χ1n) is 7.51. The van der Waals surface area contributed by atoms with Gasteiger partial charge in [-0.25, -0.2) is 4.79 Å². The summed E-state index contributed by atoms with van der Waals surface area (Å²) in [5, 5.41) is 11.9. The number of piperidine rings is 1. The van der Waals surface area contributed by atoms with Crippen LogP contribution < -0.4 is 5.32 Å².